The molecule has 0 fully saturated rings. The van der Waals surface area contributed by atoms with Crippen molar-refractivity contribution < 1.29 is 0 Å². The van der Waals surface area contributed by atoms with E-state index in [1.54, 1.807) is 0 Å². The predicted octanol–water partition coefficient (Wildman–Crippen LogP) is 6.11. The van der Waals surface area contributed by atoms with Crippen LogP contribution in [0.15, 0.2) is 53.3 Å². The molecule has 6 heteroatoms. The Morgan fingerprint density at radius 1 is 1.04 bits per heavy atom. The van der Waals surface area contributed by atoms with Gasteiger partial charge in [0.25, 0.3) is 0 Å². The topological polar surface area (TPSA) is 33.4 Å². The van der Waals surface area contributed by atoms with Crippen LogP contribution in [0.5, 0.6) is 0 Å². The predicted molar refractivity (Wildman–Crippen MR) is 122 cm³/mol. The van der Waals surface area contributed by atoms with Crippen molar-refractivity contribution in [2.24, 2.45) is 4.74 Å². The standard InChI is InChI=1S/C22H28ClN4P/c1-7-28(26(5)6,25-20-15-11-12-16(2)21(20)23)22-17(3)24-27(18(22)4)19-13-9-8-10-14-19/h8-15H,7H2,1-6H3/t28-/m0/s1. The van der Waals surface area contributed by atoms with Gasteiger partial charge >= 0.3 is 0 Å². The first-order valence-corrected chi connectivity index (χ1v) is 11.7. The highest BCUT2D eigenvalue weighted by molar-refractivity contribution is 7.71. The van der Waals surface area contributed by atoms with E-state index < -0.39 is 7.21 Å². The normalized spacial score (nSPS) is 13.6. The maximum Gasteiger partial charge on any atom is 0.0822 e. The van der Waals surface area contributed by atoms with E-state index in [4.69, 9.17) is 21.4 Å². The zero-order chi connectivity index (χ0) is 20.5. The van der Waals surface area contributed by atoms with Crippen molar-refractivity contribution in [2.75, 3.05) is 20.3 Å². The van der Waals surface area contributed by atoms with Crippen molar-refractivity contribution in [1.29, 1.82) is 0 Å². The zero-order valence-corrected chi connectivity index (χ0v) is 19.1. The fourth-order valence-corrected chi connectivity index (χ4v) is 7.34. The van der Waals surface area contributed by atoms with Gasteiger partial charge in [0.15, 0.2) is 0 Å². The summed E-state index contributed by atoms with van der Waals surface area (Å²) in [6.45, 7) is 8.46. The van der Waals surface area contributed by atoms with E-state index in [-0.39, 0.29) is 0 Å². The van der Waals surface area contributed by atoms with Crippen LogP contribution >= 0.6 is 18.8 Å². The summed E-state index contributed by atoms with van der Waals surface area (Å²) >= 11 is 6.61. The Morgan fingerprint density at radius 3 is 2.32 bits per heavy atom. The second kappa shape index (κ2) is 8.24. The lowest BCUT2D eigenvalue weighted by molar-refractivity contribution is 0.673. The van der Waals surface area contributed by atoms with Gasteiger partial charge in [0.2, 0.25) is 0 Å². The Kier molecular flexibility index (Phi) is 6.14. The number of rotatable bonds is 5. The molecule has 2 aromatic carbocycles. The van der Waals surface area contributed by atoms with Crippen LogP contribution in [-0.4, -0.2) is 34.7 Å². The molecule has 1 atom stereocenters. The molecular formula is C22H28ClN4P. The lowest BCUT2D eigenvalue weighted by Crippen LogP contribution is -2.23. The van der Waals surface area contributed by atoms with Crippen LogP contribution in [0, 0.1) is 20.8 Å². The van der Waals surface area contributed by atoms with E-state index >= 15 is 0 Å². The lowest BCUT2D eigenvalue weighted by atomic mass is 10.2. The third-order valence-corrected chi connectivity index (χ3v) is 9.77. The second-order valence-corrected chi connectivity index (χ2v) is 11.1. The van der Waals surface area contributed by atoms with Crippen molar-refractivity contribution in [3.63, 3.8) is 0 Å². The third-order valence-electron chi connectivity index (χ3n) is 5.16. The molecule has 0 spiro atoms. The zero-order valence-electron chi connectivity index (χ0n) is 17.4. The number of para-hydroxylation sites is 1. The monoisotopic (exact) mass is 414 g/mol. The van der Waals surface area contributed by atoms with Gasteiger partial charge in [-0.2, -0.15) is 5.10 Å². The van der Waals surface area contributed by atoms with Gasteiger partial charge < -0.3 is 0 Å². The molecule has 0 aliphatic carbocycles. The summed E-state index contributed by atoms with van der Waals surface area (Å²) in [6.07, 6.45) is 0.909. The average Bonchev–Trinajstić information content (AvgIpc) is 2.98. The summed E-state index contributed by atoms with van der Waals surface area (Å²) < 4.78 is 9.63. The van der Waals surface area contributed by atoms with Crippen LogP contribution in [0.2, 0.25) is 5.02 Å². The van der Waals surface area contributed by atoms with Crippen LogP contribution in [0.4, 0.5) is 5.69 Å². The first-order chi connectivity index (χ1) is 13.3. The van der Waals surface area contributed by atoms with Crippen molar-refractivity contribution in [3.05, 3.63) is 70.5 Å². The van der Waals surface area contributed by atoms with E-state index in [0.717, 1.165) is 39.5 Å². The van der Waals surface area contributed by atoms with Gasteiger partial charge in [-0.3, -0.25) is 4.67 Å². The molecule has 0 aliphatic rings. The Bertz CT molecular complexity index is 1040. The number of benzene rings is 2. The molecule has 0 bridgehead atoms. The molecule has 0 radical (unpaired) electrons. The van der Waals surface area contributed by atoms with E-state index in [1.165, 1.54) is 5.30 Å². The van der Waals surface area contributed by atoms with Gasteiger partial charge in [-0.25, -0.2) is 9.43 Å². The van der Waals surface area contributed by atoms with Crippen LogP contribution in [0.3, 0.4) is 0 Å². The number of aryl methyl sites for hydroxylation is 2. The summed E-state index contributed by atoms with van der Waals surface area (Å²) in [4.78, 5) is 0. The van der Waals surface area contributed by atoms with Crippen molar-refractivity contribution in [1.82, 2.24) is 14.5 Å². The van der Waals surface area contributed by atoms with Crippen LogP contribution in [0.1, 0.15) is 23.9 Å². The van der Waals surface area contributed by atoms with Crippen LogP contribution < -0.4 is 5.30 Å². The van der Waals surface area contributed by atoms with Gasteiger partial charge in [-0.05, 0) is 64.8 Å². The van der Waals surface area contributed by atoms with Gasteiger partial charge in [-0.15, -0.1) is 0 Å². The first kappa shape index (κ1) is 20.9. The number of halogens is 1. The molecule has 0 aliphatic heterocycles. The third kappa shape index (κ3) is 3.57. The minimum atomic E-state index is -2.05. The molecule has 28 heavy (non-hydrogen) atoms. The summed E-state index contributed by atoms with van der Waals surface area (Å²) in [7, 11) is 2.17. The summed E-state index contributed by atoms with van der Waals surface area (Å²) in [5.41, 5.74) is 5.13. The molecule has 0 unspecified atom stereocenters. The molecule has 0 saturated heterocycles. The molecule has 0 N–H and O–H groups in total. The minimum absolute atomic E-state index is 0.730. The summed E-state index contributed by atoms with van der Waals surface area (Å²) in [6, 6.07) is 16.3. The highest BCUT2D eigenvalue weighted by Crippen LogP contribution is 2.54. The van der Waals surface area contributed by atoms with Gasteiger partial charge in [0.05, 0.1) is 40.3 Å². The van der Waals surface area contributed by atoms with Crippen LogP contribution in [0.25, 0.3) is 5.69 Å². The fraction of sp³-hybridized carbons (Fsp3) is 0.318. The Morgan fingerprint density at radius 2 is 1.71 bits per heavy atom. The SMILES string of the molecule is CC[P@@](=Nc1cccc(C)c1Cl)(c1c(C)nn(-c2ccccc2)c1C)N(C)C. The van der Waals surface area contributed by atoms with Gasteiger partial charge in [0, 0.05) is 0 Å². The highest BCUT2D eigenvalue weighted by atomic mass is 35.5. The molecular weight excluding hydrogens is 387 g/mol. The van der Waals surface area contributed by atoms with E-state index in [2.05, 4.69) is 51.7 Å². The summed E-state index contributed by atoms with van der Waals surface area (Å²) in [5.74, 6) is 0. The average molecular weight is 415 g/mol. The Hall–Kier alpha value is -1.87. The van der Waals surface area contributed by atoms with Gasteiger partial charge in [-0.1, -0.05) is 48.9 Å². The van der Waals surface area contributed by atoms with Crippen molar-refractivity contribution in [2.45, 2.75) is 27.7 Å². The van der Waals surface area contributed by atoms with E-state index in [0.29, 0.717) is 0 Å². The molecule has 4 nitrogen and oxygen atoms in total. The van der Waals surface area contributed by atoms with Crippen molar-refractivity contribution in [3.8, 4) is 5.69 Å². The summed E-state index contributed by atoms with van der Waals surface area (Å²) in [5, 5.41) is 6.85. The van der Waals surface area contributed by atoms with E-state index in [1.807, 2.05) is 48.0 Å². The molecule has 148 valence electrons. The fourth-order valence-electron chi connectivity index (χ4n) is 3.71. The smallest absolute Gasteiger partial charge is 0.0822 e. The maximum atomic E-state index is 6.61. The molecule has 0 amide bonds. The maximum absolute atomic E-state index is 6.61. The van der Waals surface area contributed by atoms with Gasteiger partial charge in [0.1, 0.15) is 0 Å². The first-order valence-electron chi connectivity index (χ1n) is 9.48. The molecule has 0 saturated carbocycles. The number of hydrogen-bond donors (Lipinski definition) is 0. The second-order valence-electron chi connectivity index (χ2n) is 7.17. The van der Waals surface area contributed by atoms with Crippen LogP contribution in [-0.2, 0) is 0 Å². The number of aromatic nitrogens is 2. The molecule has 1 aromatic heterocycles. The number of hydrogen-bond acceptors (Lipinski definition) is 2. The molecule has 1 heterocycles. The lowest BCUT2D eigenvalue weighted by Gasteiger charge is -2.31. The Labute approximate surface area is 173 Å². The minimum Gasteiger partial charge on any atom is -0.272 e. The quantitative estimate of drug-likeness (QED) is 0.472. The molecule has 3 aromatic rings. The van der Waals surface area contributed by atoms with E-state index in [9.17, 15) is 0 Å². The number of nitrogens with zero attached hydrogens (tertiary/aromatic N) is 4. The Balaban J connectivity index is 2.31. The highest BCUT2D eigenvalue weighted by Gasteiger charge is 2.31. The van der Waals surface area contributed by atoms with Crippen molar-refractivity contribution >= 4 is 29.8 Å². The molecule has 3 rings (SSSR count). The largest absolute Gasteiger partial charge is 0.272 e.